The molecule has 2 aromatic rings. The number of rotatable bonds is 10. The second kappa shape index (κ2) is 9.43. The number of carbonyl (C=O) groups excluding carboxylic acids is 2. The smallest absolute Gasteiger partial charge is 0.227 e. The van der Waals surface area contributed by atoms with Crippen LogP contribution in [0.1, 0.15) is 59.2 Å². The van der Waals surface area contributed by atoms with Crippen molar-refractivity contribution in [3.05, 3.63) is 58.7 Å². The Hall–Kier alpha value is -2.66. The lowest BCUT2D eigenvalue weighted by Crippen LogP contribution is -2.32. The maximum absolute atomic E-state index is 12.7. The van der Waals surface area contributed by atoms with Crippen molar-refractivity contribution in [2.24, 2.45) is 0 Å². The van der Waals surface area contributed by atoms with Crippen LogP contribution in [0.2, 0.25) is 0 Å². The van der Waals surface area contributed by atoms with Crippen molar-refractivity contribution >= 4 is 17.4 Å². The minimum absolute atomic E-state index is 0.222. The Morgan fingerprint density at radius 3 is 2.70 bits per heavy atom. The number of para-hydroxylation sites is 1. The van der Waals surface area contributed by atoms with Crippen molar-refractivity contribution in [3.8, 4) is 5.75 Å². The van der Waals surface area contributed by atoms with Crippen molar-refractivity contribution in [2.45, 2.75) is 51.5 Å². The van der Waals surface area contributed by atoms with Gasteiger partial charge >= 0.3 is 0 Å². The van der Waals surface area contributed by atoms with Gasteiger partial charge in [-0.1, -0.05) is 24.6 Å². The fraction of sp³-hybridized carbons (Fsp3) is 0.440. The van der Waals surface area contributed by atoms with E-state index in [0.29, 0.717) is 12.8 Å². The molecule has 1 amide bonds. The molecule has 0 saturated carbocycles. The second-order valence-corrected chi connectivity index (χ2v) is 8.16. The zero-order valence-corrected chi connectivity index (χ0v) is 17.7. The molecule has 4 rings (SSSR count). The highest BCUT2D eigenvalue weighted by molar-refractivity contribution is 6.02. The summed E-state index contributed by atoms with van der Waals surface area (Å²) in [7, 11) is 1.70. The van der Waals surface area contributed by atoms with Crippen molar-refractivity contribution in [1.29, 1.82) is 0 Å². The average Bonchev–Trinajstić information content (AvgIpc) is 3.21. The predicted octanol–water partition coefficient (Wildman–Crippen LogP) is 4.06. The minimum Gasteiger partial charge on any atom is -0.496 e. The summed E-state index contributed by atoms with van der Waals surface area (Å²) in [6, 6.07) is 12.1. The number of benzene rings is 2. The van der Waals surface area contributed by atoms with Crippen LogP contribution >= 0.6 is 0 Å². The summed E-state index contributed by atoms with van der Waals surface area (Å²) in [6.45, 7) is 2.49. The summed E-state index contributed by atoms with van der Waals surface area (Å²) >= 11 is 0. The number of hydrogen-bond donors (Lipinski definition) is 1. The zero-order valence-electron chi connectivity index (χ0n) is 17.7. The molecular weight excluding hydrogens is 376 g/mol. The maximum Gasteiger partial charge on any atom is 0.227 e. The van der Waals surface area contributed by atoms with Crippen molar-refractivity contribution in [3.63, 3.8) is 0 Å². The number of methoxy groups -OCH3 is 1. The fourth-order valence-corrected chi connectivity index (χ4v) is 4.55. The minimum atomic E-state index is 0.222. The van der Waals surface area contributed by atoms with Crippen LogP contribution in [0.4, 0.5) is 5.69 Å². The van der Waals surface area contributed by atoms with E-state index >= 15 is 0 Å². The van der Waals surface area contributed by atoms with Gasteiger partial charge in [-0.2, -0.15) is 0 Å². The topological polar surface area (TPSA) is 58.6 Å². The molecule has 2 aliphatic heterocycles. The third-order valence-electron chi connectivity index (χ3n) is 6.14. The maximum atomic E-state index is 12.7. The molecule has 0 fully saturated rings. The number of amides is 1. The first-order valence-electron chi connectivity index (χ1n) is 11.0. The van der Waals surface area contributed by atoms with E-state index in [1.807, 2.05) is 35.2 Å². The molecule has 0 radical (unpaired) electrons. The Kier molecular flexibility index (Phi) is 6.48. The molecular formula is C25H30N2O3. The van der Waals surface area contributed by atoms with Gasteiger partial charge in [-0.15, -0.1) is 0 Å². The molecule has 2 aliphatic rings. The molecule has 0 aromatic heterocycles. The van der Waals surface area contributed by atoms with Gasteiger partial charge in [-0.25, -0.2) is 0 Å². The molecule has 5 nitrogen and oxygen atoms in total. The Morgan fingerprint density at radius 1 is 1.07 bits per heavy atom. The molecule has 158 valence electrons. The first kappa shape index (κ1) is 20.6. The lowest BCUT2D eigenvalue weighted by molar-refractivity contribution is -0.118. The molecule has 0 aliphatic carbocycles. The second-order valence-electron chi connectivity index (χ2n) is 8.16. The fourth-order valence-electron chi connectivity index (χ4n) is 4.55. The standard InChI is InChI=1S/C25H30N2O3/c1-30-23-9-5-4-7-20(23)17-26-13-6-2-3-8-22(28)21-15-18-10-11-24(29)27-14-12-19(16-21)25(18)27/h4-5,7,9,15-16,26H,2-3,6,8,10-14,17H2,1H3. The first-order valence-corrected chi connectivity index (χ1v) is 11.0. The third-order valence-corrected chi connectivity index (χ3v) is 6.14. The molecule has 2 aromatic carbocycles. The van der Waals surface area contributed by atoms with Crippen LogP contribution in [0.5, 0.6) is 5.75 Å². The molecule has 30 heavy (non-hydrogen) atoms. The Balaban J connectivity index is 1.20. The highest BCUT2D eigenvalue weighted by atomic mass is 16.5. The number of aryl methyl sites for hydroxylation is 1. The third kappa shape index (κ3) is 4.41. The van der Waals surface area contributed by atoms with E-state index in [4.69, 9.17) is 4.74 Å². The van der Waals surface area contributed by atoms with E-state index in [2.05, 4.69) is 11.4 Å². The van der Waals surface area contributed by atoms with Crippen molar-refractivity contribution in [2.75, 3.05) is 25.1 Å². The summed E-state index contributed by atoms with van der Waals surface area (Å²) in [5.74, 6) is 1.36. The molecule has 0 unspecified atom stereocenters. The van der Waals surface area contributed by atoms with Crippen LogP contribution in [-0.2, 0) is 24.2 Å². The first-order chi connectivity index (χ1) is 14.7. The van der Waals surface area contributed by atoms with Gasteiger partial charge in [0.1, 0.15) is 5.75 Å². The Morgan fingerprint density at radius 2 is 1.87 bits per heavy atom. The molecule has 5 heteroatoms. The summed E-state index contributed by atoms with van der Waals surface area (Å²) in [6.07, 6.45) is 5.77. The van der Waals surface area contributed by atoms with Crippen LogP contribution in [-0.4, -0.2) is 31.9 Å². The molecule has 2 heterocycles. The number of nitrogens with one attached hydrogen (secondary N) is 1. The van der Waals surface area contributed by atoms with Gasteiger partial charge < -0.3 is 15.0 Å². The van der Waals surface area contributed by atoms with Crippen LogP contribution in [0.3, 0.4) is 0 Å². The normalized spacial score (nSPS) is 14.7. The zero-order chi connectivity index (χ0) is 20.9. The van der Waals surface area contributed by atoms with Crippen LogP contribution in [0.15, 0.2) is 36.4 Å². The number of nitrogens with zero attached hydrogens (tertiary/aromatic N) is 1. The lowest BCUT2D eigenvalue weighted by atomic mass is 9.94. The van der Waals surface area contributed by atoms with E-state index in [9.17, 15) is 9.59 Å². The Bertz CT molecular complexity index is 938. The largest absolute Gasteiger partial charge is 0.496 e. The summed E-state index contributed by atoms with van der Waals surface area (Å²) in [4.78, 5) is 26.7. The Labute approximate surface area is 178 Å². The molecule has 1 N–H and O–H groups in total. The van der Waals surface area contributed by atoms with Gasteiger partial charge in [-0.05, 0) is 61.6 Å². The summed E-state index contributed by atoms with van der Waals surface area (Å²) in [5.41, 5.74) is 5.42. The number of anilines is 1. The van der Waals surface area contributed by atoms with E-state index in [0.717, 1.165) is 74.3 Å². The molecule has 0 atom stereocenters. The van der Waals surface area contributed by atoms with Gasteiger partial charge in [0.2, 0.25) is 5.91 Å². The van der Waals surface area contributed by atoms with E-state index in [-0.39, 0.29) is 11.7 Å². The monoisotopic (exact) mass is 406 g/mol. The van der Waals surface area contributed by atoms with Gasteiger partial charge in [0.25, 0.3) is 0 Å². The lowest BCUT2D eigenvalue weighted by Gasteiger charge is -2.25. The van der Waals surface area contributed by atoms with Crippen LogP contribution in [0, 0.1) is 0 Å². The van der Waals surface area contributed by atoms with E-state index in [1.54, 1.807) is 7.11 Å². The highest BCUT2D eigenvalue weighted by Crippen LogP contribution is 2.37. The highest BCUT2D eigenvalue weighted by Gasteiger charge is 2.31. The molecule has 0 bridgehead atoms. The van der Waals surface area contributed by atoms with Gasteiger partial charge in [0.05, 0.1) is 12.8 Å². The average molecular weight is 407 g/mol. The number of Topliss-reactive ketones (excluding diaryl/α,β-unsaturated/α-hetero) is 1. The molecule has 0 spiro atoms. The summed E-state index contributed by atoms with van der Waals surface area (Å²) < 4.78 is 5.37. The van der Waals surface area contributed by atoms with Gasteiger partial charge in [0, 0.05) is 37.1 Å². The van der Waals surface area contributed by atoms with Crippen LogP contribution < -0.4 is 15.0 Å². The summed E-state index contributed by atoms with van der Waals surface area (Å²) in [5, 5.41) is 3.46. The van der Waals surface area contributed by atoms with E-state index < -0.39 is 0 Å². The van der Waals surface area contributed by atoms with E-state index in [1.165, 1.54) is 11.1 Å². The number of unbranched alkanes of at least 4 members (excludes halogenated alkanes) is 2. The molecule has 0 saturated heterocycles. The number of hydrogen-bond acceptors (Lipinski definition) is 4. The quantitative estimate of drug-likeness (QED) is 0.477. The van der Waals surface area contributed by atoms with Crippen molar-refractivity contribution in [1.82, 2.24) is 5.32 Å². The number of ether oxygens (including phenoxy) is 1. The van der Waals surface area contributed by atoms with Crippen molar-refractivity contribution < 1.29 is 14.3 Å². The SMILES string of the molecule is COc1ccccc1CNCCCCCC(=O)c1cc2c3c(c1)CCN3C(=O)CC2. The number of carbonyl (C=O) groups is 2. The predicted molar refractivity (Wildman–Crippen MR) is 118 cm³/mol. The number of ketones is 1. The van der Waals surface area contributed by atoms with Crippen LogP contribution in [0.25, 0.3) is 0 Å². The van der Waals surface area contributed by atoms with Gasteiger partial charge in [-0.3, -0.25) is 9.59 Å². The van der Waals surface area contributed by atoms with Gasteiger partial charge in [0.15, 0.2) is 5.78 Å².